The zero-order valence-corrected chi connectivity index (χ0v) is 10.9. The molecule has 0 atom stereocenters. The summed E-state index contributed by atoms with van der Waals surface area (Å²) in [7, 11) is 1.89. The number of nitrogens with one attached hydrogen (secondary N) is 1. The minimum absolute atomic E-state index is 0.646. The van der Waals surface area contributed by atoms with Crippen LogP contribution in [0.2, 0.25) is 0 Å². The van der Waals surface area contributed by atoms with Crippen molar-refractivity contribution in [3.05, 3.63) is 53.8 Å². The maximum atomic E-state index is 5.72. The molecule has 1 aromatic carbocycles. The summed E-state index contributed by atoms with van der Waals surface area (Å²) in [6.45, 7) is 4.86. The highest BCUT2D eigenvalue weighted by Gasteiger charge is 1.96. The van der Waals surface area contributed by atoms with Gasteiger partial charge in [0.05, 0.1) is 0 Å². The first-order valence-corrected chi connectivity index (χ1v) is 5.97. The Bertz CT molecular complexity index is 376. The minimum atomic E-state index is 0.646. The molecule has 2 heteroatoms. The van der Waals surface area contributed by atoms with Crippen LogP contribution in [0, 0.1) is 6.92 Å². The molecule has 0 bridgehead atoms. The molecular formula is C15H21NO. The van der Waals surface area contributed by atoms with Crippen LogP contribution in [-0.4, -0.2) is 13.7 Å². The predicted molar refractivity (Wildman–Crippen MR) is 73.2 cm³/mol. The van der Waals surface area contributed by atoms with Gasteiger partial charge in [0.2, 0.25) is 0 Å². The van der Waals surface area contributed by atoms with Crippen LogP contribution in [0.5, 0.6) is 5.75 Å². The first kappa shape index (κ1) is 13.4. The van der Waals surface area contributed by atoms with Crippen molar-refractivity contribution >= 4 is 0 Å². The summed E-state index contributed by atoms with van der Waals surface area (Å²) < 4.78 is 5.72. The minimum Gasteiger partial charge on any atom is -0.489 e. The lowest BCUT2D eigenvalue weighted by molar-refractivity contribution is 0.348. The third kappa shape index (κ3) is 5.25. The van der Waals surface area contributed by atoms with E-state index in [0.717, 1.165) is 12.2 Å². The number of allylic oxidation sites excluding steroid dienone is 2. The van der Waals surface area contributed by atoms with Crippen LogP contribution in [0.1, 0.15) is 18.9 Å². The van der Waals surface area contributed by atoms with E-state index in [1.165, 1.54) is 11.1 Å². The van der Waals surface area contributed by atoms with E-state index in [0.29, 0.717) is 6.61 Å². The van der Waals surface area contributed by atoms with E-state index >= 15 is 0 Å². The van der Waals surface area contributed by atoms with Gasteiger partial charge in [-0.25, -0.2) is 0 Å². The van der Waals surface area contributed by atoms with E-state index in [-0.39, 0.29) is 0 Å². The third-order valence-electron chi connectivity index (χ3n) is 2.49. The van der Waals surface area contributed by atoms with Crippen molar-refractivity contribution < 1.29 is 4.74 Å². The quantitative estimate of drug-likeness (QED) is 0.757. The molecule has 0 aromatic heterocycles. The van der Waals surface area contributed by atoms with Crippen molar-refractivity contribution in [1.29, 1.82) is 0 Å². The van der Waals surface area contributed by atoms with E-state index in [1.807, 2.05) is 31.5 Å². The molecule has 1 rings (SSSR count). The van der Waals surface area contributed by atoms with Crippen LogP contribution in [0.25, 0.3) is 0 Å². The summed E-state index contributed by atoms with van der Waals surface area (Å²) >= 11 is 0. The fourth-order valence-corrected chi connectivity index (χ4v) is 1.36. The van der Waals surface area contributed by atoms with E-state index in [2.05, 4.69) is 37.4 Å². The zero-order valence-electron chi connectivity index (χ0n) is 10.9. The van der Waals surface area contributed by atoms with Crippen LogP contribution in [0.15, 0.2) is 48.2 Å². The van der Waals surface area contributed by atoms with Gasteiger partial charge in [-0.15, -0.1) is 0 Å². The highest BCUT2D eigenvalue weighted by molar-refractivity contribution is 5.27. The summed E-state index contributed by atoms with van der Waals surface area (Å²) in [6.07, 6.45) is 6.99. The van der Waals surface area contributed by atoms with Crippen LogP contribution in [-0.2, 0) is 0 Å². The average molecular weight is 231 g/mol. The van der Waals surface area contributed by atoms with Crippen LogP contribution in [0.3, 0.4) is 0 Å². The van der Waals surface area contributed by atoms with E-state index < -0.39 is 0 Å². The van der Waals surface area contributed by atoms with E-state index in [4.69, 9.17) is 4.74 Å². The van der Waals surface area contributed by atoms with Gasteiger partial charge in [0.25, 0.3) is 0 Å². The molecule has 2 nitrogen and oxygen atoms in total. The van der Waals surface area contributed by atoms with Crippen LogP contribution in [0.4, 0.5) is 0 Å². The summed E-state index contributed by atoms with van der Waals surface area (Å²) in [5.41, 5.74) is 2.53. The Kier molecular flexibility index (Phi) is 5.94. The molecule has 1 aromatic rings. The van der Waals surface area contributed by atoms with Gasteiger partial charge in [0.1, 0.15) is 12.4 Å². The second-order valence-electron chi connectivity index (χ2n) is 3.93. The lowest BCUT2D eigenvalue weighted by Crippen LogP contribution is -2.00. The summed E-state index contributed by atoms with van der Waals surface area (Å²) in [4.78, 5) is 0. The van der Waals surface area contributed by atoms with Crippen LogP contribution >= 0.6 is 0 Å². The summed E-state index contributed by atoms with van der Waals surface area (Å²) in [6, 6.07) is 8.13. The average Bonchev–Trinajstić information content (AvgIpc) is 2.35. The number of aryl methyl sites for hydroxylation is 1. The fourth-order valence-electron chi connectivity index (χ4n) is 1.36. The first-order valence-electron chi connectivity index (χ1n) is 5.97. The molecule has 92 valence electrons. The van der Waals surface area contributed by atoms with Crippen molar-refractivity contribution in [2.45, 2.75) is 20.3 Å². The molecule has 0 unspecified atom stereocenters. The molecule has 0 aliphatic carbocycles. The number of rotatable bonds is 6. The molecular weight excluding hydrogens is 210 g/mol. The maximum absolute atomic E-state index is 5.72. The number of benzene rings is 1. The Morgan fingerprint density at radius 3 is 2.59 bits per heavy atom. The predicted octanol–water partition coefficient (Wildman–Crippen LogP) is 3.44. The van der Waals surface area contributed by atoms with E-state index in [1.54, 1.807) is 0 Å². The topological polar surface area (TPSA) is 21.3 Å². The standard InChI is InChI=1S/C15H21NO/c1-4-14(6-5-11-16-3)12-17-15-9-7-13(2)8-10-15/h5-11,16H,4,12H2,1-3H3/b11-5-,14-6+. The van der Waals surface area contributed by atoms with Gasteiger partial charge in [-0.05, 0) is 43.3 Å². The van der Waals surface area contributed by atoms with Crippen molar-refractivity contribution in [2.75, 3.05) is 13.7 Å². The van der Waals surface area contributed by atoms with Gasteiger partial charge in [-0.1, -0.05) is 30.7 Å². The highest BCUT2D eigenvalue weighted by atomic mass is 16.5. The lowest BCUT2D eigenvalue weighted by Gasteiger charge is -2.08. The van der Waals surface area contributed by atoms with Crippen molar-refractivity contribution in [2.24, 2.45) is 0 Å². The zero-order chi connectivity index (χ0) is 12.5. The largest absolute Gasteiger partial charge is 0.489 e. The van der Waals surface area contributed by atoms with Gasteiger partial charge in [0.15, 0.2) is 0 Å². The summed E-state index contributed by atoms with van der Waals surface area (Å²) in [5.74, 6) is 0.924. The second kappa shape index (κ2) is 7.55. The molecule has 17 heavy (non-hydrogen) atoms. The van der Waals surface area contributed by atoms with Gasteiger partial charge < -0.3 is 10.1 Å². The maximum Gasteiger partial charge on any atom is 0.119 e. The monoisotopic (exact) mass is 231 g/mol. The highest BCUT2D eigenvalue weighted by Crippen LogP contribution is 2.13. The molecule has 0 saturated carbocycles. The lowest BCUT2D eigenvalue weighted by atomic mass is 10.2. The Morgan fingerprint density at radius 1 is 1.29 bits per heavy atom. The molecule has 1 N–H and O–H groups in total. The Hall–Kier alpha value is -1.70. The molecule has 0 spiro atoms. The molecule has 0 aliphatic rings. The molecule has 0 fully saturated rings. The van der Waals surface area contributed by atoms with Gasteiger partial charge in [-0.2, -0.15) is 0 Å². The van der Waals surface area contributed by atoms with Crippen molar-refractivity contribution in [3.63, 3.8) is 0 Å². The van der Waals surface area contributed by atoms with Crippen LogP contribution < -0.4 is 10.1 Å². The molecule has 0 saturated heterocycles. The fraction of sp³-hybridized carbons (Fsp3) is 0.333. The first-order chi connectivity index (χ1) is 8.26. The van der Waals surface area contributed by atoms with Crippen molar-refractivity contribution in [1.82, 2.24) is 5.32 Å². The molecule has 0 heterocycles. The van der Waals surface area contributed by atoms with Gasteiger partial charge in [-0.3, -0.25) is 0 Å². The second-order valence-corrected chi connectivity index (χ2v) is 3.93. The molecule has 0 amide bonds. The Labute approximate surface area is 104 Å². The Morgan fingerprint density at radius 2 is 2.00 bits per heavy atom. The summed E-state index contributed by atoms with van der Waals surface area (Å²) in [5, 5.41) is 2.96. The van der Waals surface area contributed by atoms with Gasteiger partial charge in [0, 0.05) is 7.05 Å². The Balaban J connectivity index is 2.50. The van der Waals surface area contributed by atoms with Gasteiger partial charge >= 0.3 is 0 Å². The number of hydrogen-bond donors (Lipinski definition) is 1. The third-order valence-corrected chi connectivity index (χ3v) is 2.49. The SMILES string of the molecule is CC/C(=C\C=C/NC)COc1ccc(C)cc1. The normalized spacial score (nSPS) is 11.8. The van der Waals surface area contributed by atoms with Crippen molar-refractivity contribution in [3.8, 4) is 5.75 Å². The molecule has 0 aliphatic heterocycles. The number of ether oxygens (including phenoxy) is 1. The molecule has 0 radical (unpaired) electrons. The smallest absolute Gasteiger partial charge is 0.119 e. The van der Waals surface area contributed by atoms with E-state index in [9.17, 15) is 0 Å². The number of hydrogen-bond acceptors (Lipinski definition) is 2.